The Morgan fingerprint density at radius 2 is 1.90 bits per heavy atom. The molecule has 1 aromatic carbocycles. The van der Waals surface area contributed by atoms with Crippen LogP contribution in [-0.4, -0.2) is 12.4 Å². The Labute approximate surface area is 126 Å². The Hall–Kier alpha value is -1.31. The van der Waals surface area contributed by atoms with Gasteiger partial charge in [-0.3, -0.25) is 4.79 Å². The first-order valence-electron chi connectivity index (χ1n) is 8.62. The van der Waals surface area contributed by atoms with Crippen molar-refractivity contribution in [3.63, 3.8) is 0 Å². The Morgan fingerprint density at radius 3 is 2.81 bits per heavy atom. The first-order valence-corrected chi connectivity index (χ1v) is 8.62. The van der Waals surface area contributed by atoms with Crippen molar-refractivity contribution >= 4 is 5.78 Å². The zero-order valence-electron chi connectivity index (χ0n) is 12.6. The van der Waals surface area contributed by atoms with E-state index < -0.39 is 0 Å². The Bertz CT molecular complexity index is 548. The maximum Gasteiger partial charge on any atom is 0.169 e. The molecule has 0 N–H and O–H groups in total. The molecule has 1 heterocycles. The van der Waals surface area contributed by atoms with Gasteiger partial charge in [-0.25, -0.2) is 0 Å². The molecule has 4 rings (SSSR count). The highest BCUT2D eigenvalue weighted by Gasteiger charge is 2.36. The molecule has 0 amide bonds. The summed E-state index contributed by atoms with van der Waals surface area (Å²) in [7, 11) is 0. The van der Waals surface area contributed by atoms with Crippen molar-refractivity contribution in [2.75, 3.05) is 6.61 Å². The molecule has 1 aliphatic heterocycles. The van der Waals surface area contributed by atoms with Gasteiger partial charge in [0.15, 0.2) is 5.78 Å². The highest BCUT2D eigenvalue weighted by molar-refractivity contribution is 6.00. The van der Waals surface area contributed by atoms with Gasteiger partial charge >= 0.3 is 0 Å². The number of fused-ring (bicyclic) bond motifs is 2. The minimum atomic E-state index is 0.236. The Kier molecular flexibility index (Phi) is 3.48. The molecule has 0 saturated heterocycles. The average molecular weight is 284 g/mol. The summed E-state index contributed by atoms with van der Waals surface area (Å²) in [5.41, 5.74) is 2.07. The second-order valence-electron chi connectivity index (χ2n) is 7.07. The van der Waals surface area contributed by atoms with Gasteiger partial charge in [0.05, 0.1) is 12.2 Å². The summed E-state index contributed by atoms with van der Waals surface area (Å²) in [6.07, 6.45) is 9.93. The molecule has 0 radical (unpaired) electrons. The van der Waals surface area contributed by atoms with Crippen molar-refractivity contribution in [2.24, 2.45) is 17.8 Å². The lowest BCUT2D eigenvalue weighted by molar-refractivity contribution is 0.0760. The maximum absolute atomic E-state index is 13.0. The van der Waals surface area contributed by atoms with Gasteiger partial charge in [0.2, 0.25) is 0 Å². The topological polar surface area (TPSA) is 26.3 Å². The largest absolute Gasteiger partial charge is 0.492 e. The van der Waals surface area contributed by atoms with Crippen molar-refractivity contribution in [3.8, 4) is 5.75 Å². The molecule has 1 aromatic rings. The van der Waals surface area contributed by atoms with Crippen LogP contribution in [0.1, 0.15) is 60.9 Å². The van der Waals surface area contributed by atoms with Crippen LogP contribution in [0.5, 0.6) is 5.75 Å². The molecule has 21 heavy (non-hydrogen) atoms. The number of benzene rings is 1. The Morgan fingerprint density at radius 1 is 1.05 bits per heavy atom. The van der Waals surface area contributed by atoms with E-state index in [4.69, 9.17) is 4.74 Å². The van der Waals surface area contributed by atoms with Crippen molar-refractivity contribution < 1.29 is 9.53 Å². The lowest BCUT2D eigenvalue weighted by atomic mass is 9.66. The van der Waals surface area contributed by atoms with Gasteiger partial charge in [0.1, 0.15) is 5.75 Å². The van der Waals surface area contributed by atoms with E-state index in [1.54, 1.807) is 0 Å². The van der Waals surface area contributed by atoms with Gasteiger partial charge in [-0.05, 0) is 42.7 Å². The fourth-order valence-corrected chi connectivity index (χ4v) is 4.74. The lowest BCUT2D eigenvalue weighted by Gasteiger charge is -2.38. The fraction of sp³-hybridized carbons (Fsp3) is 0.632. The van der Waals surface area contributed by atoms with E-state index in [1.165, 1.54) is 37.7 Å². The number of Topliss-reactive ketones (excluding diaryl/α,β-unsaturated/α-hetero) is 1. The molecule has 2 heteroatoms. The third kappa shape index (κ3) is 2.39. The molecule has 2 nitrogen and oxygen atoms in total. The number of ether oxygens (including phenoxy) is 1. The summed E-state index contributed by atoms with van der Waals surface area (Å²) in [6, 6.07) is 6.09. The van der Waals surface area contributed by atoms with Crippen molar-refractivity contribution in [1.29, 1.82) is 0 Å². The molecule has 2 aliphatic carbocycles. The summed E-state index contributed by atoms with van der Waals surface area (Å²) in [6.45, 7) is 0.731. The molecule has 0 aromatic heterocycles. The summed E-state index contributed by atoms with van der Waals surface area (Å²) in [5, 5.41) is 0. The van der Waals surface area contributed by atoms with E-state index in [0.717, 1.165) is 49.0 Å². The second kappa shape index (κ2) is 5.47. The molecule has 112 valence electrons. The highest BCUT2D eigenvalue weighted by Crippen LogP contribution is 2.44. The standard InChI is InChI=1S/C19H24O2/c20-18(17-7-3-6-14-10-11-21-19(14)17)16-9-8-13-4-1-2-5-15(13)12-16/h3,6-7,13,15-16H,1-2,4-5,8-12H2. The summed E-state index contributed by atoms with van der Waals surface area (Å²) < 4.78 is 5.73. The van der Waals surface area contributed by atoms with Crippen LogP contribution in [0, 0.1) is 17.8 Å². The van der Waals surface area contributed by atoms with Crippen molar-refractivity contribution in [1.82, 2.24) is 0 Å². The highest BCUT2D eigenvalue weighted by atomic mass is 16.5. The molecule has 3 unspecified atom stereocenters. The quantitative estimate of drug-likeness (QED) is 0.752. The number of rotatable bonds is 2. The molecular weight excluding hydrogens is 260 g/mol. The van der Waals surface area contributed by atoms with E-state index in [-0.39, 0.29) is 5.92 Å². The number of para-hydroxylation sites is 1. The van der Waals surface area contributed by atoms with Crippen LogP contribution in [0.4, 0.5) is 0 Å². The molecule has 3 aliphatic rings. The minimum Gasteiger partial charge on any atom is -0.492 e. The van der Waals surface area contributed by atoms with Crippen LogP contribution in [0.15, 0.2) is 18.2 Å². The van der Waals surface area contributed by atoms with Crippen LogP contribution in [-0.2, 0) is 6.42 Å². The van der Waals surface area contributed by atoms with Gasteiger partial charge in [0, 0.05) is 12.3 Å². The van der Waals surface area contributed by atoms with Gasteiger partial charge in [-0.1, -0.05) is 37.8 Å². The summed E-state index contributed by atoms with van der Waals surface area (Å²) >= 11 is 0. The van der Waals surface area contributed by atoms with Crippen molar-refractivity contribution in [3.05, 3.63) is 29.3 Å². The average Bonchev–Trinajstić information content (AvgIpc) is 3.02. The van der Waals surface area contributed by atoms with Gasteiger partial charge < -0.3 is 4.74 Å². The number of hydrogen-bond donors (Lipinski definition) is 0. The number of hydrogen-bond acceptors (Lipinski definition) is 2. The molecule has 2 saturated carbocycles. The number of carbonyl (C=O) groups is 1. The first kappa shape index (κ1) is 13.4. The van der Waals surface area contributed by atoms with E-state index >= 15 is 0 Å². The summed E-state index contributed by atoms with van der Waals surface area (Å²) in [4.78, 5) is 13.0. The minimum absolute atomic E-state index is 0.236. The zero-order valence-corrected chi connectivity index (χ0v) is 12.6. The SMILES string of the molecule is O=C(c1cccc2c1OCC2)C1CCC2CCCCC2C1. The van der Waals surface area contributed by atoms with Crippen LogP contribution in [0.3, 0.4) is 0 Å². The number of carbonyl (C=O) groups excluding carboxylic acids is 1. The van der Waals surface area contributed by atoms with Gasteiger partial charge in [-0.15, -0.1) is 0 Å². The maximum atomic E-state index is 13.0. The first-order chi connectivity index (χ1) is 10.3. The third-order valence-corrected chi connectivity index (χ3v) is 5.89. The van der Waals surface area contributed by atoms with Crippen molar-refractivity contribution in [2.45, 2.75) is 51.4 Å². The summed E-state index contributed by atoms with van der Waals surface area (Å²) in [5.74, 6) is 3.17. The molecular formula is C19H24O2. The van der Waals surface area contributed by atoms with E-state index in [2.05, 4.69) is 6.07 Å². The molecule has 0 spiro atoms. The predicted octanol–water partition coefficient (Wildman–Crippen LogP) is 4.41. The molecule has 2 fully saturated rings. The molecule has 0 bridgehead atoms. The van der Waals surface area contributed by atoms with Crippen LogP contribution >= 0.6 is 0 Å². The van der Waals surface area contributed by atoms with E-state index in [0.29, 0.717) is 5.78 Å². The van der Waals surface area contributed by atoms with E-state index in [9.17, 15) is 4.79 Å². The van der Waals surface area contributed by atoms with Gasteiger partial charge in [0.25, 0.3) is 0 Å². The lowest BCUT2D eigenvalue weighted by Crippen LogP contribution is -2.31. The van der Waals surface area contributed by atoms with Crippen LogP contribution in [0.2, 0.25) is 0 Å². The molecule has 3 atom stereocenters. The smallest absolute Gasteiger partial charge is 0.169 e. The number of ketones is 1. The predicted molar refractivity (Wildman–Crippen MR) is 82.8 cm³/mol. The van der Waals surface area contributed by atoms with Crippen LogP contribution in [0.25, 0.3) is 0 Å². The third-order valence-electron chi connectivity index (χ3n) is 5.89. The van der Waals surface area contributed by atoms with Gasteiger partial charge in [-0.2, -0.15) is 0 Å². The van der Waals surface area contributed by atoms with Crippen LogP contribution < -0.4 is 4.74 Å². The van der Waals surface area contributed by atoms with E-state index in [1.807, 2.05) is 12.1 Å². The Balaban J connectivity index is 1.54. The normalized spacial score (nSPS) is 31.1. The fourth-order valence-electron chi connectivity index (χ4n) is 4.74. The monoisotopic (exact) mass is 284 g/mol. The second-order valence-corrected chi connectivity index (χ2v) is 7.07. The zero-order chi connectivity index (χ0) is 14.2.